The highest BCUT2D eigenvalue weighted by Gasteiger charge is 2.31. The molecule has 2 amide bonds. The van der Waals surface area contributed by atoms with Gasteiger partial charge in [0, 0.05) is 12.1 Å². The average Bonchev–Trinajstić information content (AvgIpc) is 2.66. The highest BCUT2D eigenvalue weighted by Crippen LogP contribution is 2.22. The van der Waals surface area contributed by atoms with Gasteiger partial charge in [-0.2, -0.15) is 0 Å². The molecule has 0 aliphatic carbocycles. The fourth-order valence-electron chi connectivity index (χ4n) is 3.77. The van der Waals surface area contributed by atoms with Gasteiger partial charge >= 0.3 is 0 Å². The summed E-state index contributed by atoms with van der Waals surface area (Å²) in [6.45, 7) is 12.8. The third-order valence-electron chi connectivity index (χ3n) is 5.27. The van der Waals surface area contributed by atoms with E-state index in [1.807, 2.05) is 71.9 Å². The molecule has 0 aliphatic rings. The molecule has 0 radical (unpaired) electrons. The number of nitrogens with zero attached hydrogens (tertiary/aromatic N) is 2. The Labute approximate surface area is 204 Å². The molecule has 2 rings (SSSR count). The van der Waals surface area contributed by atoms with Gasteiger partial charge in [0.25, 0.3) is 0 Å². The normalized spacial score (nSPS) is 12.7. The number of amides is 2. The van der Waals surface area contributed by atoms with Crippen LogP contribution >= 0.6 is 0 Å². The molecule has 0 bridgehead atoms. The van der Waals surface area contributed by atoms with Gasteiger partial charge in [0.2, 0.25) is 21.8 Å². The van der Waals surface area contributed by atoms with Crippen LogP contribution in [0.5, 0.6) is 0 Å². The van der Waals surface area contributed by atoms with Gasteiger partial charge in [0.15, 0.2) is 0 Å². The molecule has 0 spiro atoms. The summed E-state index contributed by atoms with van der Waals surface area (Å²) in [5.74, 6) is -0.756. The van der Waals surface area contributed by atoms with E-state index in [4.69, 9.17) is 0 Å². The molecule has 0 saturated carbocycles. The minimum Gasteiger partial charge on any atom is -0.350 e. The van der Waals surface area contributed by atoms with E-state index in [-0.39, 0.29) is 12.5 Å². The van der Waals surface area contributed by atoms with Crippen LogP contribution in [-0.4, -0.2) is 49.5 Å². The van der Waals surface area contributed by atoms with E-state index in [1.54, 1.807) is 19.1 Å². The summed E-state index contributed by atoms with van der Waals surface area (Å²) >= 11 is 0. The summed E-state index contributed by atoms with van der Waals surface area (Å²) in [5, 5.41) is 2.92. The van der Waals surface area contributed by atoms with Gasteiger partial charge in [-0.15, -0.1) is 0 Å². The highest BCUT2D eigenvalue weighted by atomic mass is 32.2. The third kappa shape index (κ3) is 7.87. The molecule has 0 saturated heterocycles. The summed E-state index contributed by atoms with van der Waals surface area (Å²) in [7, 11) is -3.75. The Balaban J connectivity index is 2.44. The smallest absolute Gasteiger partial charge is 0.244 e. The summed E-state index contributed by atoms with van der Waals surface area (Å²) < 4.78 is 26.5. The van der Waals surface area contributed by atoms with Crippen molar-refractivity contribution in [2.75, 3.05) is 17.1 Å². The number of carbonyl (C=O) groups excluding carboxylic acids is 2. The maximum absolute atomic E-state index is 13.6. The molecule has 7 nitrogen and oxygen atoms in total. The second kappa shape index (κ2) is 10.6. The first-order chi connectivity index (χ1) is 15.6. The van der Waals surface area contributed by atoms with Crippen molar-refractivity contribution in [2.24, 2.45) is 0 Å². The molecule has 0 unspecified atom stereocenters. The average molecular weight is 488 g/mol. The molecule has 0 fully saturated rings. The van der Waals surface area contributed by atoms with E-state index in [9.17, 15) is 18.0 Å². The standard InChI is InChI=1S/C26H37N3O4S/c1-18-10-9-11-22(13-18)16-28(21(4)25(31)27-26(5,6)7)24(30)17-29(34(8,32)33)23-14-19(2)12-20(3)15-23/h9-15,21H,16-17H2,1-8H3,(H,27,31)/t21-/m1/s1. The van der Waals surface area contributed by atoms with Crippen molar-refractivity contribution in [1.82, 2.24) is 10.2 Å². The van der Waals surface area contributed by atoms with E-state index in [1.165, 1.54) is 4.90 Å². The number of benzene rings is 2. The summed E-state index contributed by atoms with van der Waals surface area (Å²) in [6.07, 6.45) is 1.08. The van der Waals surface area contributed by atoms with Gasteiger partial charge in [-0.3, -0.25) is 13.9 Å². The molecule has 34 heavy (non-hydrogen) atoms. The number of hydrogen-bond donors (Lipinski definition) is 1. The number of anilines is 1. The zero-order chi connectivity index (χ0) is 25.8. The molecule has 0 aromatic heterocycles. The van der Waals surface area contributed by atoms with Gasteiger partial charge in [-0.25, -0.2) is 8.42 Å². The number of carbonyl (C=O) groups is 2. The van der Waals surface area contributed by atoms with Crippen LogP contribution in [0.4, 0.5) is 5.69 Å². The molecule has 1 atom stereocenters. The third-order valence-corrected chi connectivity index (χ3v) is 6.42. The van der Waals surface area contributed by atoms with Crippen molar-refractivity contribution in [2.45, 2.75) is 66.6 Å². The minimum absolute atomic E-state index is 0.184. The van der Waals surface area contributed by atoms with Crippen LogP contribution < -0.4 is 9.62 Å². The fourth-order valence-corrected chi connectivity index (χ4v) is 4.61. The minimum atomic E-state index is -3.75. The monoisotopic (exact) mass is 487 g/mol. The van der Waals surface area contributed by atoms with Crippen molar-refractivity contribution >= 4 is 27.5 Å². The first kappa shape index (κ1) is 27.4. The van der Waals surface area contributed by atoms with E-state index < -0.39 is 34.1 Å². The SMILES string of the molecule is Cc1cccc(CN(C(=O)CN(c2cc(C)cc(C)c2)S(C)(=O)=O)[C@H](C)C(=O)NC(C)(C)C)c1. The van der Waals surface area contributed by atoms with Crippen LogP contribution in [0.3, 0.4) is 0 Å². The molecule has 0 heterocycles. The van der Waals surface area contributed by atoms with Crippen LogP contribution in [0, 0.1) is 20.8 Å². The molecule has 186 valence electrons. The van der Waals surface area contributed by atoms with Gasteiger partial charge < -0.3 is 10.2 Å². The Morgan fingerprint density at radius 2 is 1.56 bits per heavy atom. The molecular weight excluding hydrogens is 450 g/mol. The van der Waals surface area contributed by atoms with Gasteiger partial charge in [0.05, 0.1) is 11.9 Å². The molecular formula is C26H37N3O4S. The fraction of sp³-hybridized carbons (Fsp3) is 0.462. The topological polar surface area (TPSA) is 86.8 Å². The second-order valence-corrected chi connectivity index (χ2v) is 11.9. The number of rotatable bonds is 8. The zero-order valence-electron chi connectivity index (χ0n) is 21.5. The maximum atomic E-state index is 13.6. The first-order valence-corrected chi connectivity index (χ1v) is 13.1. The second-order valence-electron chi connectivity index (χ2n) is 10.0. The van der Waals surface area contributed by atoms with Crippen molar-refractivity contribution < 1.29 is 18.0 Å². The van der Waals surface area contributed by atoms with Gasteiger partial charge in [-0.1, -0.05) is 35.9 Å². The van der Waals surface area contributed by atoms with E-state index in [2.05, 4.69) is 5.32 Å². The Morgan fingerprint density at radius 1 is 0.971 bits per heavy atom. The Bertz CT molecular complexity index is 1130. The summed E-state index contributed by atoms with van der Waals surface area (Å²) in [5.41, 5.74) is 3.64. The van der Waals surface area contributed by atoms with Gasteiger partial charge in [-0.05, 0) is 77.3 Å². The predicted molar refractivity (Wildman–Crippen MR) is 137 cm³/mol. The Hall–Kier alpha value is -2.87. The lowest BCUT2D eigenvalue weighted by atomic mass is 10.1. The number of hydrogen-bond acceptors (Lipinski definition) is 4. The zero-order valence-corrected chi connectivity index (χ0v) is 22.3. The Kier molecular flexibility index (Phi) is 8.53. The van der Waals surface area contributed by atoms with E-state index in [0.717, 1.165) is 32.8 Å². The van der Waals surface area contributed by atoms with E-state index >= 15 is 0 Å². The largest absolute Gasteiger partial charge is 0.350 e. The maximum Gasteiger partial charge on any atom is 0.244 e. The van der Waals surface area contributed by atoms with Crippen LogP contribution in [0.1, 0.15) is 49.9 Å². The van der Waals surface area contributed by atoms with Crippen molar-refractivity contribution in [3.8, 4) is 0 Å². The molecule has 8 heteroatoms. The number of sulfonamides is 1. The molecule has 1 N–H and O–H groups in total. The number of aryl methyl sites for hydroxylation is 3. The Morgan fingerprint density at radius 3 is 2.06 bits per heavy atom. The molecule has 2 aromatic carbocycles. The highest BCUT2D eigenvalue weighted by molar-refractivity contribution is 7.92. The van der Waals surface area contributed by atoms with Crippen LogP contribution in [-0.2, 0) is 26.2 Å². The van der Waals surface area contributed by atoms with Crippen LogP contribution in [0.25, 0.3) is 0 Å². The lowest BCUT2D eigenvalue weighted by Gasteiger charge is -2.33. The predicted octanol–water partition coefficient (Wildman–Crippen LogP) is 3.71. The molecule has 0 aliphatic heterocycles. The summed E-state index contributed by atoms with van der Waals surface area (Å²) in [6, 6.07) is 12.3. The molecule has 2 aromatic rings. The van der Waals surface area contributed by atoms with Crippen molar-refractivity contribution in [3.63, 3.8) is 0 Å². The summed E-state index contributed by atoms with van der Waals surface area (Å²) in [4.78, 5) is 28.0. The van der Waals surface area contributed by atoms with Gasteiger partial charge in [0.1, 0.15) is 12.6 Å². The van der Waals surface area contributed by atoms with E-state index in [0.29, 0.717) is 5.69 Å². The number of nitrogens with one attached hydrogen (secondary N) is 1. The van der Waals surface area contributed by atoms with Crippen molar-refractivity contribution in [3.05, 3.63) is 64.7 Å². The lowest BCUT2D eigenvalue weighted by Crippen LogP contribution is -2.54. The first-order valence-electron chi connectivity index (χ1n) is 11.3. The van der Waals surface area contributed by atoms with Crippen molar-refractivity contribution in [1.29, 1.82) is 0 Å². The lowest BCUT2D eigenvalue weighted by molar-refractivity contribution is -0.140. The quantitative estimate of drug-likeness (QED) is 0.615. The van der Waals surface area contributed by atoms with Crippen LogP contribution in [0.15, 0.2) is 42.5 Å². The van der Waals surface area contributed by atoms with Crippen LogP contribution in [0.2, 0.25) is 0 Å².